The number of carbonyl (C=O) groups is 4. The van der Waals surface area contributed by atoms with Gasteiger partial charge in [-0.05, 0) is 136 Å². The monoisotopic (exact) mass is 1510 g/mol. The van der Waals surface area contributed by atoms with Crippen molar-refractivity contribution in [3.8, 4) is 80.5 Å². The number of fused-ring (bicyclic) bond motifs is 18. The number of methoxy groups -OCH3 is 4. The van der Waals surface area contributed by atoms with Gasteiger partial charge in [-0.1, -0.05) is 12.1 Å². The Morgan fingerprint density at radius 2 is 1.13 bits per heavy atom. The van der Waals surface area contributed by atoms with Gasteiger partial charge in [0.05, 0.1) is 69.1 Å². The summed E-state index contributed by atoms with van der Waals surface area (Å²) in [7, 11) is 10.1. The van der Waals surface area contributed by atoms with Gasteiger partial charge in [-0.2, -0.15) is 0 Å². The predicted octanol–water partition coefficient (Wildman–Crippen LogP) is 7.51. The van der Waals surface area contributed by atoms with Gasteiger partial charge in [0.25, 0.3) is 0 Å². The van der Waals surface area contributed by atoms with Gasteiger partial charge < -0.3 is 87.7 Å². The van der Waals surface area contributed by atoms with Gasteiger partial charge in [0.15, 0.2) is 80.1 Å². The lowest BCUT2D eigenvalue weighted by molar-refractivity contribution is -0.164. The number of thioether (sulfide) groups is 2. The average molecular weight is 1510 g/mol. The maximum absolute atomic E-state index is 14.9. The maximum atomic E-state index is 14.9. The zero-order valence-corrected chi connectivity index (χ0v) is 63.0. The van der Waals surface area contributed by atoms with E-state index in [0.717, 1.165) is 55.6 Å². The van der Waals surface area contributed by atoms with E-state index in [9.17, 15) is 44.7 Å². The SMILES string of the molecule is COc1cc2c(cc1O)CCN(C)[C@]21CS[C@@H]2c3c(OC(C)=O)c(C)c4c(c3[C@H](COC1=O)N1C[C@@H]3Cc5cc(C)c(OC)c(O)c5[C@H](C21)N3C)OCO4.COc1cc2c(cc1O)CCN[C@]21CS[C@@H]2c3c(OC(C)=O)c(C)c4c(c3[C@H](COC1=O)N1C2[C@@H]2N[C@@H](Cc3cc(C)c(OC)c(O)c32)[C@@H]1O)OCO4. The Morgan fingerprint density at radius 3 is 1.74 bits per heavy atom. The quantitative estimate of drug-likeness (QED) is 0.0626. The summed E-state index contributed by atoms with van der Waals surface area (Å²) >= 11 is 3.05. The summed E-state index contributed by atoms with van der Waals surface area (Å²) in [6.07, 6.45) is 1.27. The standard InChI is InChI=1S/C40H45N3O10S.C38H41N3O11S/c1-18-10-22-11-23-14-43-25-15-50-39(47)40(24-13-27(48-6)26(45)12-21(24)8-9-41(40)4)16-54-38(32(43)31(42(23)5)28(22)33(46)34(18)49-7)30-29(25)37-36(51-17-52-37)19(2)35(30)53-20(3)44;1-15-8-19-9-21-36(45)41-22-12-49-37(46)38(20-11-24(47-4)23(43)10-18(20)6-7-39-38)13-53-35(29(41)28(40-21)25(19)30(44)31(15)48-5)27-26(22)34-33(50-14-51-34)16(2)32(27)52-17(3)42/h10,12-13,23,25,31-32,38,45-46H,8-9,11,14-17H2,1-7H3;8,10-11,21-22,28-29,35-36,39-40,43-45H,6-7,9,12-14H2,1-5H3/t23-,25-,31+,32?,38+,40+;21-,22-,28+,29?,35+,36-,38+/m00/s1. The zero-order chi connectivity index (χ0) is 75.0. The first kappa shape index (κ1) is 71.2. The molecule has 13 atom stereocenters. The number of nitrogens with zero attached hydrogens (tertiary/aromatic N) is 4. The van der Waals surface area contributed by atoms with Gasteiger partial charge in [0, 0.05) is 108 Å². The van der Waals surface area contributed by atoms with E-state index in [1.54, 1.807) is 43.1 Å². The molecule has 6 aromatic rings. The molecule has 6 aromatic carbocycles. The minimum absolute atomic E-state index is 0.00757. The summed E-state index contributed by atoms with van der Waals surface area (Å²) in [5, 5.41) is 63.9. The molecule has 0 aliphatic carbocycles. The van der Waals surface area contributed by atoms with Crippen LogP contribution in [0.4, 0.5) is 0 Å². The topological polar surface area (TPSA) is 317 Å². The van der Waals surface area contributed by atoms with E-state index in [-0.39, 0.29) is 90.9 Å². The van der Waals surface area contributed by atoms with E-state index in [4.69, 9.17) is 56.8 Å². The van der Waals surface area contributed by atoms with Crippen molar-refractivity contribution >= 4 is 47.4 Å². The molecular formula is C78H86N6O21S2. The second-order valence-electron chi connectivity index (χ2n) is 29.8. The number of aliphatic hydroxyl groups excluding tert-OH is 1. The molecule has 566 valence electrons. The lowest BCUT2D eigenvalue weighted by Gasteiger charge is -2.60. The van der Waals surface area contributed by atoms with Crippen molar-refractivity contribution in [1.29, 1.82) is 0 Å². The lowest BCUT2D eigenvalue weighted by atomic mass is 9.73. The number of hydrogen-bond acceptors (Lipinski definition) is 29. The second-order valence-corrected chi connectivity index (χ2v) is 32.1. The first-order chi connectivity index (χ1) is 51.4. The van der Waals surface area contributed by atoms with Crippen LogP contribution >= 0.6 is 23.5 Å². The van der Waals surface area contributed by atoms with Crippen molar-refractivity contribution in [2.75, 3.05) is 100 Å². The van der Waals surface area contributed by atoms with Gasteiger partial charge in [-0.3, -0.25) is 34.5 Å². The van der Waals surface area contributed by atoms with Gasteiger partial charge in [0.1, 0.15) is 30.9 Å². The number of hydrogen-bond donors (Lipinski definition) is 7. The molecule has 0 radical (unpaired) electrons. The predicted molar refractivity (Wildman–Crippen MR) is 388 cm³/mol. The van der Waals surface area contributed by atoms with Crippen LogP contribution in [0, 0.1) is 27.7 Å². The highest BCUT2D eigenvalue weighted by molar-refractivity contribution is 7.99. The molecule has 2 unspecified atom stereocenters. The van der Waals surface area contributed by atoms with Gasteiger partial charge in [0.2, 0.25) is 13.6 Å². The summed E-state index contributed by atoms with van der Waals surface area (Å²) in [5.41, 5.74) is 9.61. The van der Waals surface area contributed by atoms with Crippen molar-refractivity contribution in [3.63, 3.8) is 0 Å². The number of piperazine rings is 2. The van der Waals surface area contributed by atoms with E-state index < -0.39 is 81.9 Å². The highest BCUT2D eigenvalue weighted by Gasteiger charge is 2.63. The lowest BCUT2D eigenvalue weighted by Crippen LogP contribution is -2.69. The average Bonchev–Trinajstić information content (AvgIpc) is 1.53. The van der Waals surface area contributed by atoms with E-state index in [2.05, 4.69) is 33.5 Å². The smallest absolute Gasteiger partial charge is 0.332 e. The first-order valence-corrected chi connectivity index (χ1v) is 38.1. The minimum atomic E-state index is -1.36. The molecule has 0 saturated carbocycles. The second kappa shape index (κ2) is 26.2. The van der Waals surface area contributed by atoms with Gasteiger partial charge >= 0.3 is 23.9 Å². The third-order valence-electron chi connectivity index (χ3n) is 24.5. The molecule has 14 heterocycles. The summed E-state index contributed by atoms with van der Waals surface area (Å²) in [4.78, 5) is 64.1. The molecule has 4 fully saturated rings. The first-order valence-electron chi connectivity index (χ1n) is 36.0. The van der Waals surface area contributed by atoms with Gasteiger partial charge in [-0.25, -0.2) is 9.59 Å². The fourth-order valence-electron chi connectivity index (χ4n) is 19.8. The molecule has 0 aromatic heterocycles. The van der Waals surface area contributed by atoms with Crippen LogP contribution in [-0.2, 0) is 65.4 Å². The van der Waals surface area contributed by atoms with Crippen molar-refractivity contribution in [1.82, 2.24) is 30.2 Å². The van der Waals surface area contributed by atoms with E-state index in [1.165, 1.54) is 46.9 Å². The molecule has 4 saturated heterocycles. The molecule has 14 aliphatic heterocycles. The van der Waals surface area contributed by atoms with E-state index in [1.807, 2.05) is 50.6 Å². The minimum Gasteiger partial charge on any atom is -0.504 e. The fraction of sp³-hybridized carbons (Fsp3) is 0.487. The number of aromatic hydroxyl groups is 4. The largest absolute Gasteiger partial charge is 0.504 e. The van der Waals surface area contributed by atoms with Crippen LogP contribution in [0.25, 0.3) is 0 Å². The Morgan fingerprint density at radius 1 is 0.589 bits per heavy atom. The van der Waals surface area contributed by atoms with Crippen molar-refractivity contribution in [2.45, 2.75) is 143 Å². The Labute approximate surface area is 625 Å². The van der Waals surface area contributed by atoms with Crippen LogP contribution in [0.3, 0.4) is 0 Å². The fourth-order valence-corrected chi connectivity index (χ4v) is 23.3. The van der Waals surface area contributed by atoms with Crippen LogP contribution in [0.15, 0.2) is 36.4 Å². The molecule has 2 spiro atoms. The molecular weight excluding hydrogens is 1420 g/mol. The van der Waals surface area contributed by atoms with Crippen LogP contribution in [0.5, 0.6) is 80.5 Å². The van der Waals surface area contributed by atoms with E-state index in [0.29, 0.717) is 125 Å². The number of nitrogens with one attached hydrogen (secondary N) is 2. The van der Waals surface area contributed by atoms with E-state index >= 15 is 0 Å². The third kappa shape index (κ3) is 10.4. The van der Waals surface area contributed by atoms with Crippen molar-refractivity contribution in [2.24, 2.45) is 0 Å². The summed E-state index contributed by atoms with van der Waals surface area (Å²) in [6, 6.07) is 7.55. The number of rotatable bonds is 6. The number of phenols is 4. The molecule has 8 bridgehead atoms. The number of ether oxygens (including phenoxy) is 12. The van der Waals surface area contributed by atoms with Crippen LogP contribution in [0.2, 0.25) is 0 Å². The number of benzene rings is 6. The zero-order valence-electron chi connectivity index (χ0n) is 61.4. The Kier molecular flexibility index (Phi) is 17.4. The number of phenolic OH excluding ortho intramolecular Hbond substituents is 4. The Hall–Kier alpha value is -8.78. The van der Waals surface area contributed by atoms with Crippen LogP contribution in [0.1, 0.15) is 138 Å². The number of aliphatic hydroxyl groups is 1. The molecule has 0 amide bonds. The number of aryl methyl sites for hydroxylation is 2. The number of likely N-dealkylation sites (N-methyl/N-ethyl adjacent to an activating group) is 2. The van der Waals surface area contributed by atoms with Crippen molar-refractivity contribution < 1.29 is 102 Å². The third-order valence-corrected chi connectivity index (χ3v) is 27.4. The molecule has 29 heteroatoms. The Balaban J connectivity index is 0.000000157. The van der Waals surface area contributed by atoms with Crippen LogP contribution < -0.4 is 58.0 Å². The molecule has 20 rings (SSSR count). The highest BCUT2D eigenvalue weighted by Crippen LogP contribution is 2.67. The normalized spacial score (nSPS) is 28.9. The summed E-state index contributed by atoms with van der Waals surface area (Å²) in [6.45, 7) is 11.7. The van der Waals surface area contributed by atoms with Crippen LogP contribution in [-0.4, -0.2) is 200 Å². The van der Waals surface area contributed by atoms with Gasteiger partial charge in [-0.15, -0.1) is 23.5 Å². The molecule has 27 nitrogen and oxygen atoms in total. The molecule has 7 N–H and O–H groups in total. The summed E-state index contributed by atoms with van der Waals surface area (Å²) < 4.78 is 72.1. The Bertz CT molecular complexity index is 4810. The molecule has 107 heavy (non-hydrogen) atoms. The van der Waals surface area contributed by atoms with Crippen molar-refractivity contribution in [3.05, 3.63) is 125 Å². The highest BCUT2D eigenvalue weighted by atomic mass is 32.2. The number of carbonyl (C=O) groups excluding carboxylic acids is 4. The number of esters is 4. The summed E-state index contributed by atoms with van der Waals surface area (Å²) in [5.74, 6) is 2.65. The molecule has 14 aliphatic rings. The maximum Gasteiger partial charge on any atom is 0.332 e.